The molecule has 0 heterocycles. The Morgan fingerprint density at radius 2 is 1.59 bits per heavy atom. The van der Waals surface area contributed by atoms with Crippen LogP contribution in [0.3, 0.4) is 0 Å². The minimum Gasteiger partial charge on any atom is -0.303 e. The van der Waals surface area contributed by atoms with E-state index in [4.69, 9.17) is 0 Å². The summed E-state index contributed by atoms with van der Waals surface area (Å²) in [5, 5.41) is 0. The topological polar surface area (TPSA) is 34.1 Å². The molecule has 5 aliphatic rings. The molecule has 0 N–H and O–H groups in total. The van der Waals surface area contributed by atoms with Gasteiger partial charge in [0.1, 0.15) is 12.1 Å². The molecule has 2 heteroatoms. The predicted octanol–water partition coefficient (Wildman–Crippen LogP) is 7.41. The maximum atomic E-state index is 12.9. The molecule has 0 bridgehead atoms. The van der Waals surface area contributed by atoms with Gasteiger partial charge in [0.2, 0.25) is 0 Å². The first-order valence-corrected chi connectivity index (χ1v) is 13.5. The van der Waals surface area contributed by atoms with Gasteiger partial charge in [-0.15, -0.1) is 0 Å². The monoisotopic (exact) mass is 438 g/mol. The van der Waals surface area contributed by atoms with Crippen molar-refractivity contribution in [1.29, 1.82) is 0 Å². The highest BCUT2D eigenvalue weighted by Gasteiger charge is 2.70. The SMILES string of the molecule is C=C(C)[C@@H]1CC[C@]2(C=O)CC[C@@]3(C)C(CCC4[C@@]5(C)CCC(=O)C(C)(C)C5CC[C@]43C)C12. The quantitative estimate of drug-likeness (QED) is 0.332. The summed E-state index contributed by atoms with van der Waals surface area (Å²) in [4.78, 5) is 25.4. The van der Waals surface area contributed by atoms with Crippen molar-refractivity contribution in [2.75, 3.05) is 0 Å². The van der Waals surface area contributed by atoms with E-state index in [0.29, 0.717) is 40.8 Å². The molecular weight excluding hydrogens is 392 g/mol. The van der Waals surface area contributed by atoms with Crippen LogP contribution < -0.4 is 0 Å². The lowest BCUT2D eigenvalue weighted by Gasteiger charge is -2.72. The van der Waals surface area contributed by atoms with E-state index in [-0.39, 0.29) is 21.7 Å². The zero-order valence-electron chi connectivity index (χ0n) is 21.6. The number of carbonyl (C=O) groups excluding carboxylic acids is 2. The number of hydrogen-bond donors (Lipinski definition) is 0. The first kappa shape index (κ1) is 22.9. The second-order valence-corrected chi connectivity index (χ2v) is 14.2. The van der Waals surface area contributed by atoms with Gasteiger partial charge in [0.25, 0.3) is 0 Å². The molecule has 0 amide bonds. The van der Waals surface area contributed by atoms with E-state index in [1.54, 1.807) is 0 Å². The summed E-state index contributed by atoms with van der Waals surface area (Å²) in [6.07, 6.45) is 12.7. The molecule has 32 heavy (non-hydrogen) atoms. The summed E-state index contributed by atoms with van der Waals surface area (Å²) in [6.45, 7) is 18.9. The average Bonchev–Trinajstić information content (AvgIpc) is 3.12. The molecule has 5 rings (SSSR count). The van der Waals surface area contributed by atoms with Gasteiger partial charge >= 0.3 is 0 Å². The van der Waals surface area contributed by atoms with Crippen LogP contribution in [0.15, 0.2) is 12.2 Å². The number of rotatable bonds is 2. The first-order valence-electron chi connectivity index (χ1n) is 13.5. The molecule has 0 aromatic heterocycles. The van der Waals surface area contributed by atoms with Gasteiger partial charge in [-0.1, -0.05) is 46.8 Å². The van der Waals surface area contributed by atoms with Crippen LogP contribution in [0, 0.1) is 56.7 Å². The Hall–Kier alpha value is -0.920. The molecule has 0 spiro atoms. The third kappa shape index (κ3) is 2.54. The fourth-order valence-corrected chi connectivity index (χ4v) is 11.2. The number of hydrogen-bond acceptors (Lipinski definition) is 2. The summed E-state index contributed by atoms with van der Waals surface area (Å²) in [6, 6.07) is 0. The van der Waals surface area contributed by atoms with Crippen molar-refractivity contribution in [3.05, 3.63) is 12.2 Å². The van der Waals surface area contributed by atoms with Crippen molar-refractivity contribution in [1.82, 2.24) is 0 Å². The molecule has 5 fully saturated rings. The third-order valence-electron chi connectivity index (χ3n) is 13.1. The van der Waals surface area contributed by atoms with Gasteiger partial charge in [-0.05, 0) is 111 Å². The van der Waals surface area contributed by atoms with E-state index in [1.165, 1.54) is 44.0 Å². The number of allylic oxidation sites excluding steroid dienone is 1. The molecule has 0 saturated heterocycles. The van der Waals surface area contributed by atoms with Crippen LogP contribution in [0.4, 0.5) is 0 Å². The molecular formula is C30H46O2. The Balaban J connectivity index is 1.56. The zero-order valence-corrected chi connectivity index (χ0v) is 21.6. The molecule has 9 atom stereocenters. The summed E-state index contributed by atoms with van der Waals surface area (Å²) in [7, 11) is 0. The molecule has 5 aliphatic carbocycles. The zero-order chi connectivity index (χ0) is 23.3. The molecule has 178 valence electrons. The van der Waals surface area contributed by atoms with Crippen molar-refractivity contribution >= 4 is 12.1 Å². The Bertz CT molecular complexity index is 855. The van der Waals surface area contributed by atoms with Crippen LogP contribution in [0.5, 0.6) is 0 Å². The van der Waals surface area contributed by atoms with E-state index in [9.17, 15) is 9.59 Å². The van der Waals surface area contributed by atoms with E-state index in [0.717, 1.165) is 32.1 Å². The van der Waals surface area contributed by atoms with Crippen LogP contribution in [-0.2, 0) is 9.59 Å². The summed E-state index contributed by atoms with van der Waals surface area (Å²) >= 11 is 0. The van der Waals surface area contributed by atoms with Crippen molar-refractivity contribution in [3.63, 3.8) is 0 Å². The van der Waals surface area contributed by atoms with Gasteiger partial charge in [0.05, 0.1) is 0 Å². The minimum atomic E-state index is -0.179. The van der Waals surface area contributed by atoms with E-state index < -0.39 is 0 Å². The molecule has 0 aliphatic heterocycles. The fraction of sp³-hybridized carbons (Fsp3) is 0.867. The van der Waals surface area contributed by atoms with Crippen molar-refractivity contribution in [2.24, 2.45) is 56.7 Å². The van der Waals surface area contributed by atoms with Crippen LogP contribution in [0.25, 0.3) is 0 Å². The lowest BCUT2D eigenvalue weighted by molar-refractivity contribution is -0.231. The summed E-state index contributed by atoms with van der Waals surface area (Å²) in [5.74, 6) is 3.34. The predicted molar refractivity (Wildman–Crippen MR) is 130 cm³/mol. The maximum absolute atomic E-state index is 12.9. The second-order valence-electron chi connectivity index (χ2n) is 14.2. The van der Waals surface area contributed by atoms with Crippen molar-refractivity contribution in [3.8, 4) is 0 Å². The fourth-order valence-electron chi connectivity index (χ4n) is 11.2. The normalized spacial score (nSPS) is 54.1. The summed E-state index contributed by atoms with van der Waals surface area (Å²) in [5.41, 5.74) is 1.87. The number of carbonyl (C=O) groups is 2. The van der Waals surface area contributed by atoms with Crippen LogP contribution in [0.1, 0.15) is 106 Å². The lowest BCUT2D eigenvalue weighted by atomic mass is 9.32. The van der Waals surface area contributed by atoms with Gasteiger partial charge < -0.3 is 4.79 Å². The highest BCUT2D eigenvalue weighted by molar-refractivity contribution is 5.85. The number of fused-ring (bicyclic) bond motifs is 7. The summed E-state index contributed by atoms with van der Waals surface area (Å²) < 4.78 is 0. The smallest absolute Gasteiger partial charge is 0.138 e. The minimum absolute atomic E-state index is 0.0999. The van der Waals surface area contributed by atoms with Gasteiger partial charge in [0, 0.05) is 17.3 Å². The second kappa shape index (κ2) is 6.82. The molecule has 0 aromatic rings. The number of ketones is 1. The number of Topliss-reactive ketones (excluding diaryl/α,β-unsaturated/α-hetero) is 1. The van der Waals surface area contributed by atoms with E-state index in [1.807, 2.05) is 0 Å². The Morgan fingerprint density at radius 3 is 2.25 bits per heavy atom. The molecule has 2 nitrogen and oxygen atoms in total. The van der Waals surface area contributed by atoms with Crippen molar-refractivity contribution in [2.45, 2.75) is 106 Å². The first-order chi connectivity index (χ1) is 14.9. The highest BCUT2D eigenvalue weighted by atomic mass is 16.1. The van der Waals surface area contributed by atoms with E-state index >= 15 is 0 Å². The Labute approximate surface area is 196 Å². The highest BCUT2D eigenvalue weighted by Crippen LogP contribution is 2.77. The molecule has 4 unspecified atom stereocenters. The van der Waals surface area contributed by atoms with Crippen LogP contribution in [0.2, 0.25) is 0 Å². The van der Waals surface area contributed by atoms with Gasteiger partial charge in [-0.25, -0.2) is 0 Å². The molecule has 0 aromatic carbocycles. The lowest BCUT2D eigenvalue weighted by Crippen LogP contribution is -2.66. The van der Waals surface area contributed by atoms with Gasteiger partial charge in [0.15, 0.2) is 0 Å². The maximum Gasteiger partial charge on any atom is 0.138 e. The Morgan fingerprint density at radius 1 is 0.875 bits per heavy atom. The van der Waals surface area contributed by atoms with Crippen molar-refractivity contribution < 1.29 is 9.59 Å². The largest absolute Gasteiger partial charge is 0.303 e. The molecule has 5 saturated carbocycles. The van der Waals surface area contributed by atoms with Gasteiger partial charge in [-0.2, -0.15) is 0 Å². The average molecular weight is 439 g/mol. The standard InChI is InChI=1S/C30H46O2/c1-19(2)20-10-15-30(18-31)17-16-28(6)21(25(20)30)8-9-23-27(5)13-12-24(32)26(3,4)22(27)11-14-29(23,28)7/h18,20-23,25H,1,8-17H2,2-7H3/t20-,21?,22?,23?,25?,27-,28-,29+,30+/m0/s1. The Kier molecular flexibility index (Phi) is 4.87. The van der Waals surface area contributed by atoms with Gasteiger partial charge in [-0.3, -0.25) is 4.79 Å². The third-order valence-corrected chi connectivity index (χ3v) is 13.1. The van der Waals surface area contributed by atoms with E-state index in [2.05, 4.69) is 48.1 Å². The molecule has 0 radical (unpaired) electrons. The number of aldehydes is 1. The van der Waals surface area contributed by atoms with Crippen LogP contribution in [-0.4, -0.2) is 12.1 Å². The van der Waals surface area contributed by atoms with Crippen LogP contribution >= 0.6 is 0 Å².